The quantitative estimate of drug-likeness (QED) is 0.851. The number of likely N-dealkylation sites (tertiary alicyclic amines) is 1. The average Bonchev–Trinajstić information content (AvgIpc) is 2.93. The Morgan fingerprint density at radius 2 is 2.41 bits per heavy atom. The van der Waals surface area contributed by atoms with Crippen LogP contribution < -0.4 is 5.73 Å². The highest BCUT2D eigenvalue weighted by Crippen LogP contribution is 2.18. The van der Waals surface area contributed by atoms with E-state index in [0.29, 0.717) is 17.9 Å². The lowest BCUT2D eigenvalue weighted by Crippen LogP contribution is -2.31. The molecule has 0 spiro atoms. The van der Waals surface area contributed by atoms with Crippen LogP contribution in [0.4, 0.5) is 5.69 Å². The van der Waals surface area contributed by atoms with Crippen LogP contribution in [0.2, 0.25) is 0 Å². The fourth-order valence-corrected chi connectivity index (χ4v) is 2.24. The number of hydrogen-bond acceptors (Lipinski definition) is 3. The van der Waals surface area contributed by atoms with Gasteiger partial charge in [-0.1, -0.05) is 0 Å². The Labute approximate surface area is 101 Å². The molecule has 1 amide bonds. The van der Waals surface area contributed by atoms with Crippen LogP contribution in [0.1, 0.15) is 23.8 Å². The van der Waals surface area contributed by atoms with Gasteiger partial charge in [-0.15, -0.1) is 0 Å². The van der Waals surface area contributed by atoms with E-state index in [1.165, 1.54) is 0 Å². The lowest BCUT2D eigenvalue weighted by molar-refractivity contribution is 0.0714. The van der Waals surface area contributed by atoms with Gasteiger partial charge in [0.25, 0.3) is 5.91 Å². The highest BCUT2D eigenvalue weighted by Gasteiger charge is 2.28. The predicted octanol–water partition coefficient (Wildman–Crippen LogP) is 0.951. The summed E-state index contributed by atoms with van der Waals surface area (Å²) in [4.78, 5) is 14.1. The minimum absolute atomic E-state index is 0.0445. The van der Waals surface area contributed by atoms with E-state index in [0.717, 1.165) is 19.5 Å². The molecule has 1 unspecified atom stereocenters. The van der Waals surface area contributed by atoms with Crippen molar-refractivity contribution in [2.75, 3.05) is 25.9 Å². The van der Waals surface area contributed by atoms with E-state index in [2.05, 4.69) is 0 Å². The molecule has 0 saturated carbocycles. The zero-order chi connectivity index (χ0) is 12.4. The Morgan fingerprint density at radius 1 is 1.65 bits per heavy atom. The number of nitrogens with two attached hydrogens (primary N) is 1. The van der Waals surface area contributed by atoms with Gasteiger partial charge in [-0.25, -0.2) is 0 Å². The zero-order valence-electron chi connectivity index (χ0n) is 10.3. The van der Waals surface area contributed by atoms with Gasteiger partial charge >= 0.3 is 0 Å². The van der Waals surface area contributed by atoms with Gasteiger partial charge in [0.05, 0.1) is 11.8 Å². The van der Waals surface area contributed by atoms with E-state index >= 15 is 0 Å². The highest BCUT2D eigenvalue weighted by molar-refractivity contribution is 5.94. The van der Waals surface area contributed by atoms with Gasteiger partial charge in [0.2, 0.25) is 0 Å². The summed E-state index contributed by atoms with van der Waals surface area (Å²) in [5, 5.41) is 0. The van der Waals surface area contributed by atoms with Crippen molar-refractivity contribution < 1.29 is 9.53 Å². The fourth-order valence-electron chi connectivity index (χ4n) is 2.24. The van der Waals surface area contributed by atoms with Crippen LogP contribution in [0.25, 0.3) is 0 Å². The molecule has 0 aromatic carbocycles. The normalized spacial score (nSPS) is 19.9. The molecular formula is C12H19N3O2. The molecule has 5 nitrogen and oxygen atoms in total. The summed E-state index contributed by atoms with van der Waals surface area (Å²) in [6, 6.07) is 1.74. The molecule has 1 aliphatic rings. The Hall–Kier alpha value is -1.49. The van der Waals surface area contributed by atoms with Gasteiger partial charge in [0.1, 0.15) is 5.69 Å². The third-order valence-corrected chi connectivity index (χ3v) is 3.24. The monoisotopic (exact) mass is 237 g/mol. The van der Waals surface area contributed by atoms with Crippen molar-refractivity contribution >= 4 is 11.6 Å². The lowest BCUT2D eigenvalue weighted by Gasteiger charge is -2.17. The van der Waals surface area contributed by atoms with Crippen molar-refractivity contribution in [1.29, 1.82) is 0 Å². The number of amides is 1. The molecule has 5 heteroatoms. The highest BCUT2D eigenvalue weighted by atomic mass is 16.5. The van der Waals surface area contributed by atoms with Gasteiger partial charge in [-0.3, -0.25) is 4.79 Å². The molecular weight excluding hydrogens is 218 g/mol. The SMILES string of the molecule is CCn1cc(N)cc1C(=O)N1CCC(OC)C1. The van der Waals surface area contributed by atoms with E-state index in [-0.39, 0.29) is 12.0 Å². The number of aromatic nitrogens is 1. The van der Waals surface area contributed by atoms with Crippen LogP contribution in [0.15, 0.2) is 12.3 Å². The van der Waals surface area contributed by atoms with Crippen LogP contribution in [0.3, 0.4) is 0 Å². The Morgan fingerprint density at radius 3 is 3.00 bits per heavy atom. The van der Waals surface area contributed by atoms with Crippen LogP contribution in [0, 0.1) is 0 Å². The summed E-state index contributed by atoms with van der Waals surface area (Å²) in [6.45, 7) is 4.17. The second-order valence-corrected chi connectivity index (χ2v) is 4.34. The molecule has 17 heavy (non-hydrogen) atoms. The number of nitrogens with zero attached hydrogens (tertiary/aromatic N) is 2. The van der Waals surface area contributed by atoms with Crippen molar-refractivity contribution in [2.24, 2.45) is 0 Å². The number of methoxy groups -OCH3 is 1. The molecule has 1 aromatic rings. The van der Waals surface area contributed by atoms with Gasteiger partial charge < -0.3 is 19.9 Å². The first-order chi connectivity index (χ1) is 8.15. The molecule has 1 aliphatic heterocycles. The maximum absolute atomic E-state index is 12.3. The van der Waals surface area contributed by atoms with Gasteiger partial charge in [0.15, 0.2) is 0 Å². The van der Waals surface area contributed by atoms with E-state index in [9.17, 15) is 4.79 Å². The number of anilines is 1. The summed E-state index contributed by atoms with van der Waals surface area (Å²) >= 11 is 0. The number of carbonyl (C=O) groups excluding carboxylic acids is 1. The summed E-state index contributed by atoms with van der Waals surface area (Å²) in [6.07, 6.45) is 2.88. The smallest absolute Gasteiger partial charge is 0.270 e. The first kappa shape index (κ1) is 12.0. The molecule has 2 heterocycles. The first-order valence-electron chi connectivity index (χ1n) is 5.93. The minimum Gasteiger partial charge on any atom is -0.397 e. The number of rotatable bonds is 3. The standard InChI is InChI=1S/C12H19N3O2/c1-3-14-7-9(13)6-11(14)12(16)15-5-4-10(8-15)17-2/h6-7,10H,3-5,8,13H2,1-2H3. The molecule has 1 atom stereocenters. The number of carbonyl (C=O) groups is 1. The van der Waals surface area contributed by atoms with E-state index in [1.54, 1.807) is 19.4 Å². The van der Waals surface area contributed by atoms with Crippen LogP contribution in [-0.2, 0) is 11.3 Å². The van der Waals surface area contributed by atoms with Crippen molar-refractivity contribution in [3.8, 4) is 0 Å². The number of nitrogen functional groups attached to an aromatic ring is 1. The number of ether oxygens (including phenoxy) is 1. The van der Waals surface area contributed by atoms with E-state index < -0.39 is 0 Å². The molecule has 2 N–H and O–H groups in total. The summed E-state index contributed by atoms with van der Waals surface area (Å²) < 4.78 is 7.15. The second-order valence-electron chi connectivity index (χ2n) is 4.34. The van der Waals surface area contributed by atoms with Crippen LogP contribution in [-0.4, -0.2) is 41.7 Å². The second kappa shape index (κ2) is 4.79. The average molecular weight is 237 g/mol. The largest absolute Gasteiger partial charge is 0.397 e. The lowest BCUT2D eigenvalue weighted by atomic mass is 10.3. The predicted molar refractivity (Wildman–Crippen MR) is 65.8 cm³/mol. The first-order valence-corrected chi connectivity index (χ1v) is 5.93. The van der Waals surface area contributed by atoms with Crippen LogP contribution in [0.5, 0.6) is 0 Å². The maximum Gasteiger partial charge on any atom is 0.270 e. The Bertz CT molecular complexity index is 414. The van der Waals surface area contributed by atoms with E-state index in [4.69, 9.17) is 10.5 Å². The van der Waals surface area contributed by atoms with Gasteiger partial charge in [-0.05, 0) is 19.4 Å². The molecule has 0 radical (unpaired) electrons. The van der Waals surface area contributed by atoms with Crippen molar-refractivity contribution in [1.82, 2.24) is 9.47 Å². The summed E-state index contributed by atoms with van der Waals surface area (Å²) in [7, 11) is 1.69. The van der Waals surface area contributed by atoms with Crippen molar-refractivity contribution in [3.63, 3.8) is 0 Å². The van der Waals surface area contributed by atoms with E-state index in [1.807, 2.05) is 16.4 Å². The third-order valence-electron chi connectivity index (χ3n) is 3.24. The molecule has 1 fully saturated rings. The molecule has 0 aliphatic carbocycles. The zero-order valence-corrected chi connectivity index (χ0v) is 10.3. The Balaban J connectivity index is 2.14. The number of aryl methyl sites for hydroxylation is 1. The maximum atomic E-state index is 12.3. The van der Waals surface area contributed by atoms with Crippen LogP contribution >= 0.6 is 0 Å². The third kappa shape index (κ3) is 2.29. The summed E-state index contributed by atoms with van der Waals surface area (Å²) in [5.41, 5.74) is 7.03. The minimum atomic E-state index is 0.0445. The molecule has 0 bridgehead atoms. The Kier molecular flexibility index (Phi) is 3.38. The molecule has 2 rings (SSSR count). The topological polar surface area (TPSA) is 60.5 Å². The summed E-state index contributed by atoms with van der Waals surface area (Å²) in [5.74, 6) is 0.0445. The molecule has 1 saturated heterocycles. The fraction of sp³-hybridized carbons (Fsp3) is 0.583. The van der Waals surface area contributed by atoms with Crippen molar-refractivity contribution in [3.05, 3.63) is 18.0 Å². The molecule has 94 valence electrons. The number of hydrogen-bond donors (Lipinski definition) is 1. The van der Waals surface area contributed by atoms with Gasteiger partial charge in [-0.2, -0.15) is 0 Å². The van der Waals surface area contributed by atoms with Crippen molar-refractivity contribution in [2.45, 2.75) is 26.0 Å². The molecule has 1 aromatic heterocycles. The van der Waals surface area contributed by atoms with Gasteiger partial charge in [0, 0.05) is 32.9 Å².